The second kappa shape index (κ2) is 11.0. The number of benzene rings is 2. The first-order valence-corrected chi connectivity index (χ1v) is 11.2. The minimum absolute atomic E-state index is 0.179. The molecule has 1 aliphatic rings. The third kappa shape index (κ3) is 6.90. The summed E-state index contributed by atoms with van der Waals surface area (Å²) in [6.07, 6.45) is 0. The van der Waals surface area contributed by atoms with Gasteiger partial charge in [0.15, 0.2) is 0 Å². The van der Waals surface area contributed by atoms with Crippen LogP contribution in [-0.4, -0.2) is 61.1 Å². The van der Waals surface area contributed by atoms with E-state index >= 15 is 0 Å². The summed E-state index contributed by atoms with van der Waals surface area (Å²) in [6, 6.07) is 10.5. The summed E-state index contributed by atoms with van der Waals surface area (Å²) < 4.78 is 19.0. The number of carbonyl (C=O) groups is 2. The molecular formula is C24H30ClFN4O3. The number of hydrogen-bond acceptors (Lipinski definition) is 4. The van der Waals surface area contributed by atoms with Crippen molar-refractivity contribution < 1.29 is 18.7 Å². The molecule has 1 aliphatic heterocycles. The lowest BCUT2D eigenvalue weighted by atomic mass is 9.92. The van der Waals surface area contributed by atoms with Crippen molar-refractivity contribution in [2.24, 2.45) is 11.1 Å². The lowest BCUT2D eigenvalue weighted by molar-refractivity contribution is 0.0564. The van der Waals surface area contributed by atoms with Crippen molar-refractivity contribution in [1.82, 2.24) is 9.80 Å². The molecule has 3 N–H and O–H groups in total. The van der Waals surface area contributed by atoms with Gasteiger partial charge in [0.25, 0.3) is 5.91 Å². The number of amides is 3. The van der Waals surface area contributed by atoms with Crippen LogP contribution in [0.2, 0.25) is 5.02 Å². The van der Waals surface area contributed by atoms with E-state index < -0.39 is 5.82 Å². The number of anilines is 1. The van der Waals surface area contributed by atoms with Crippen LogP contribution in [0.5, 0.6) is 0 Å². The summed E-state index contributed by atoms with van der Waals surface area (Å²) in [7, 11) is 0. The van der Waals surface area contributed by atoms with Gasteiger partial charge in [0.05, 0.1) is 13.2 Å². The number of rotatable bonds is 7. The van der Waals surface area contributed by atoms with Crippen molar-refractivity contribution in [3.63, 3.8) is 0 Å². The maximum atomic E-state index is 13.8. The standard InChI is InChI=1S/C24H30ClFN4O3/c1-24(2,15-27)16-30(22(31)17-4-3-5-19(26)12-17)14-18-13-20(6-7-21(18)25)28-23(32)29-8-10-33-11-9-29/h3-7,12-13H,8-11,14-16,27H2,1-2H3,(H,28,32). The van der Waals surface area contributed by atoms with E-state index in [1.165, 1.54) is 18.2 Å². The van der Waals surface area contributed by atoms with Gasteiger partial charge in [-0.15, -0.1) is 0 Å². The number of ether oxygens (including phenoxy) is 1. The number of halogens is 2. The number of urea groups is 1. The summed E-state index contributed by atoms with van der Waals surface area (Å²) in [5.74, 6) is -0.806. The molecule has 0 bridgehead atoms. The maximum absolute atomic E-state index is 13.8. The Morgan fingerprint density at radius 3 is 2.61 bits per heavy atom. The Labute approximate surface area is 198 Å². The van der Waals surface area contributed by atoms with E-state index in [1.54, 1.807) is 34.1 Å². The van der Waals surface area contributed by atoms with E-state index in [0.29, 0.717) is 55.7 Å². The van der Waals surface area contributed by atoms with Gasteiger partial charge in [-0.3, -0.25) is 4.79 Å². The number of carbonyl (C=O) groups excluding carboxylic acids is 2. The smallest absolute Gasteiger partial charge is 0.321 e. The minimum Gasteiger partial charge on any atom is -0.378 e. The first kappa shape index (κ1) is 25.0. The van der Waals surface area contributed by atoms with Gasteiger partial charge in [0.2, 0.25) is 0 Å². The fourth-order valence-electron chi connectivity index (χ4n) is 3.53. The average molecular weight is 477 g/mol. The Kier molecular flexibility index (Phi) is 8.29. The van der Waals surface area contributed by atoms with Gasteiger partial charge in [0, 0.05) is 42.5 Å². The monoisotopic (exact) mass is 476 g/mol. The SMILES string of the molecule is CC(C)(CN)CN(Cc1cc(NC(=O)N2CCOCC2)ccc1Cl)C(=O)c1cccc(F)c1. The summed E-state index contributed by atoms with van der Waals surface area (Å²) in [5.41, 5.74) is 7.02. The Morgan fingerprint density at radius 2 is 1.94 bits per heavy atom. The molecule has 3 amide bonds. The number of morpholine rings is 1. The third-order valence-electron chi connectivity index (χ3n) is 5.49. The van der Waals surface area contributed by atoms with Gasteiger partial charge >= 0.3 is 6.03 Å². The Balaban J connectivity index is 1.82. The van der Waals surface area contributed by atoms with Gasteiger partial charge in [-0.25, -0.2) is 9.18 Å². The molecule has 2 aromatic rings. The van der Waals surface area contributed by atoms with Crippen molar-refractivity contribution in [1.29, 1.82) is 0 Å². The molecule has 33 heavy (non-hydrogen) atoms. The Bertz CT molecular complexity index is 995. The molecule has 1 heterocycles. The molecule has 3 rings (SSSR count). The van der Waals surface area contributed by atoms with E-state index in [1.807, 2.05) is 13.8 Å². The second-order valence-electron chi connectivity index (χ2n) is 8.88. The van der Waals surface area contributed by atoms with Crippen molar-refractivity contribution in [2.45, 2.75) is 20.4 Å². The van der Waals surface area contributed by atoms with Crippen LogP contribution in [0.1, 0.15) is 29.8 Å². The van der Waals surface area contributed by atoms with Crippen molar-refractivity contribution >= 4 is 29.2 Å². The first-order valence-electron chi connectivity index (χ1n) is 10.9. The number of nitrogens with one attached hydrogen (secondary N) is 1. The van der Waals surface area contributed by atoms with Crippen LogP contribution in [0.15, 0.2) is 42.5 Å². The maximum Gasteiger partial charge on any atom is 0.321 e. The molecule has 9 heteroatoms. The van der Waals surface area contributed by atoms with Crippen molar-refractivity contribution in [2.75, 3.05) is 44.7 Å². The third-order valence-corrected chi connectivity index (χ3v) is 5.86. The molecule has 0 unspecified atom stereocenters. The molecule has 1 saturated heterocycles. The molecule has 0 saturated carbocycles. The Morgan fingerprint density at radius 1 is 1.21 bits per heavy atom. The van der Waals surface area contributed by atoms with E-state index in [2.05, 4.69) is 5.32 Å². The summed E-state index contributed by atoms with van der Waals surface area (Å²) in [4.78, 5) is 29.1. The Hall–Kier alpha value is -2.68. The van der Waals surface area contributed by atoms with Crippen LogP contribution >= 0.6 is 11.6 Å². The van der Waals surface area contributed by atoms with E-state index in [-0.39, 0.29) is 29.5 Å². The largest absolute Gasteiger partial charge is 0.378 e. The quantitative estimate of drug-likeness (QED) is 0.633. The van der Waals surface area contributed by atoms with Gasteiger partial charge in [0.1, 0.15) is 5.82 Å². The summed E-state index contributed by atoms with van der Waals surface area (Å²) in [5, 5.41) is 3.34. The van der Waals surface area contributed by atoms with Crippen LogP contribution < -0.4 is 11.1 Å². The van der Waals surface area contributed by atoms with Crippen molar-refractivity contribution in [3.05, 3.63) is 64.4 Å². The van der Waals surface area contributed by atoms with Crippen LogP contribution in [0.3, 0.4) is 0 Å². The lowest BCUT2D eigenvalue weighted by Gasteiger charge is -2.32. The van der Waals surface area contributed by atoms with Crippen molar-refractivity contribution in [3.8, 4) is 0 Å². The van der Waals surface area contributed by atoms with E-state index in [0.717, 1.165) is 0 Å². The van der Waals surface area contributed by atoms with Crippen LogP contribution in [0.4, 0.5) is 14.9 Å². The fraction of sp³-hybridized carbons (Fsp3) is 0.417. The average Bonchev–Trinajstić information content (AvgIpc) is 2.80. The van der Waals surface area contributed by atoms with Crippen LogP contribution in [0, 0.1) is 11.2 Å². The predicted molar refractivity (Wildman–Crippen MR) is 127 cm³/mol. The topological polar surface area (TPSA) is 87.9 Å². The number of nitrogens with two attached hydrogens (primary N) is 1. The minimum atomic E-state index is -0.482. The van der Waals surface area contributed by atoms with Crippen LogP contribution in [-0.2, 0) is 11.3 Å². The molecule has 0 aromatic heterocycles. The van der Waals surface area contributed by atoms with Crippen LogP contribution in [0.25, 0.3) is 0 Å². The lowest BCUT2D eigenvalue weighted by Crippen LogP contribution is -2.43. The molecule has 0 spiro atoms. The molecule has 0 atom stereocenters. The van der Waals surface area contributed by atoms with Gasteiger partial charge < -0.3 is 25.6 Å². The first-order chi connectivity index (χ1) is 15.7. The van der Waals surface area contributed by atoms with Gasteiger partial charge in [-0.1, -0.05) is 31.5 Å². The number of nitrogens with zero attached hydrogens (tertiary/aromatic N) is 2. The molecular weight excluding hydrogens is 447 g/mol. The van der Waals surface area contributed by atoms with E-state index in [4.69, 9.17) is 22.1 Å². The molecule has 178 valence electrons. The molecule has 2 aromatic carbocycles. The van der Waals surface area contributed by atoms with Gasteiger partial charge in [-0.2, -0.15) is 0 Å². The highest BCUT2D eigenvalue weighted by Gasteiger charge is 2.26. The summed E-state index contributed by atoms with van der Waals surface area (Å²) in [6.45, 7) is 6.87. The highest BCUT2D eigenvalue weighted by atomic mass is 35.5. The zero-order valence-corrected chi connectivity index (χ0v) is 19.7. The zero-order valence-electron chi connectivity index (χ0n) is 18.9. The van der Waals surface area contributed by atoms with Gasteiger partial charge in [-0.05, 0) is 53.9 Å². The molecule has 1 fully saturated rings. The van der Waals surface area contributed by atoms with E-state index in [9.17, 15) is 14.0 Å². The normalized spacial score (nSPS) is 14.2. The number of hydrogen-bond donors (Lipinski definition) is 2. The molecule has 0 aliphatic carbocycles. The zero-order chi connectivity index (χ0) is 24.0. The molecule has 7 nitrogen and oxygen atoms in total. The highest BCUT2D eigenvalue weighted by molar-refractivity contribution is 6.31. The summed E-state index contributed by atoms with van der Waals surface area (Å²) >= 11 is 6.44. The second-order valence-corrected chi connectivity index (χ2v) is 9.28. The fourth-order valence-corrected chi connectivity index (χ4v) is 3.71. The highest BCUT2D eigenvalue weighted by Crippen LogP contribution is 2.26. The predicted octanol–water partition coefficient (Wildman–Crippen LogP) is 3.97. The molecule has 0 radical (unpaired) electrons.